The molecule has 0 aromatic rings. The average Bonchev–Trinajstić information content (AvgIpc) is 2.86. The van der Waals surface area contributed by atoms with E-state index in [1.54, 1.807) is 0 Å². The minimum atomic E-state index is -0.910. The van der Waals surface area contributed by atoms with E-state index < -0.39 is 17.3 Å². The van der Waals surface area contributed by atoms with Crippen LogP contribution in [-0.4, -0.2) is 33.5 Å². The molecule has 0 amide bonds. The summed E-state index contributed by atoms with van der Waals surface area (Å²) in [6.07, 6.45) is 3.20. The maximum absolute atomic E-state index is 11.8. The molecule has 21 heavy (non-hydrogen) atoms. The molecule has 1 saturated heterocycles. The van der Waals surface area contributed by atoms with Crippen LogP contribution in [0.4, 0.5) is 0 Å². The summed E-state index contributed by atoms with van der Waals surface area (Å²) in [4.78, 5) is 11.8. The van der Waals surface area contributed by atoms with Gasteiger partial charge in [-0.2, -0.15) is 0 Å². The van der Waals surface area contributed by atoms with Gasteiger partial charge >= 0.3 is 5.97 Å². The van der Waals surface area contributed by atoms with E-state index in [2.05, 4.69) is 13.8 Å². The van der Waals surface area contributed by atoms with E-state index in [1.165, 1.54) is 0 Å². The Balaban J connectivity index is 2.45. The number of rotatable bonds is 5. The van der Waals surface area contributed by atoms with Crippen molar-refractivity contribution in [1.82, 2.24) is 0 Å². The first-order valence-electron chi connectivity index (χ1n) is 8.46. The zero-order valence-electron chi connectivity index (χ0n) is 13.8. The topological polar surface area (TPSA) is 66.8 Å². The lowest BCUT2D eigenvalue weighted by atomic mass is 9.67. The number of hydrogen-bond donors (Lipinski definition) is 2. The lowest BCUT2D eigenvalue weighted by Gasteiger charge is -2.45. The molecule has 1 saturated carbocycles. The van der Waals surface area contributed by atoms with Gasteiger partial charge < -0.3 is 14.9 Å². The summed E-state index contributed by atoms with van der Waals surface area (Å²) in [5, 5.41) is 21.7. The van der Waals surface area contributed by atoms with Gasteiger partial charge in [-0.15, -0.1) is 0 Å². The van der Waals surface area contributed by atoms with Crippen molar-refractivity contribution >= 4 is 5.97 Å². The Morgan fingerprint density at radius 1 is 1.29 bits per heavy atom. The van der Waals surface area contributed by atoms with Crippen LogP contribution in [0.3, 0.4) is 0 Å². The Labute approximate surface area is 127 Å². The second-order valence-electron chi connectivity index (χ2n) is 7.07. The Morgan fingerprint density at radius 2 is 1.95 bits per heavy atom. The Morgan fingerprint density at radius 3 is 2.38 bits per heavy atom. The number of aliphatic hydroxyl groups excluding tert-OH is 1. The van der Waals surface area contributed by atoms with Gasteiger partial charge in [0.15, 0.2) is 0 Å². The van der Waals surface area contributed by atoms with Crippen molar-refractivity contribution in [2.45, 2.75) is 83.5 Å². The summed E-state index contributed by atoms with van der Waals surface area (Å²) in [6, 6.07) is 0. The molecular formula is C17H30O4. The molecule has 2 rings (SSSR count). The van der Waals surface area contributed by atoms with Crippen LogP contribution in [0.25, 0.3) is 0 Å². The predicted molar refractivity (Wildman–Crippen MR) is 80.6 cm³/mol. The molecule has 2 aliphatic rings. The molecule has 0 spiro atoms. The number of carbonyl (C=O) groups is 1. The van der Waals surface area contributed by atoms with Crippen molar-refractivity contribution in [3.05, 3.63) is 0 Å². The van der Waals surface area contributed by atoms with Crippen molar-refractivity contribution in [3.8, 4) is 0 Å². The number of esters is 1. The van der Waals surface area contributed by atoms with Gasteiger partial charge in [0.2, 0.25) is 0 Å². The summed E-state index contributed by atoms with van der Waals surface area (Å²) in [7, 11) is 0. The second-order valence-corrected chi connectivity index (χ2v) is 7.07. The molecule has 2 fully saturated rings. The third-order valence-corrected chi connectivity index (χ3v) is 5.95. The number of cyclic esters (lactones) is 1. The molecule has 1 aliphatic heterocycles. The van der Waals surface area contributed by atoms with Crippen LogP contribution in [0, 0.1) is 17.8 Å². The van der Waals surface area contributed by atoms with Gasteiger partial charge in [0.25, 0.3) is 0 Å². The largest absolute Gasteiger partial charge is 0.456 e. The first kappa shape index (κ1) is 16.8. The summed E-state index contributed by atoms with van der Waals surface area (Å²) < 4.78 is 5.67. The molecule has 0 bridgehead atoms. The van der Waals surface area contributed by atoms with E-state index in [9.17, 15) is 15.0 Å². The van der Waals surface area contributed by atoms with Crippen molar-refractivity contribution in [2.75, 3.05) is 0 Å². The Kier molecular flexibility index (Phi) is 4.69. The van der Waals surface area contributed by atoms with E-state index in [1.807, 2.05) is 13.8 Å². The standard InChI is InChI=1S/C17H30O4/c1-5-8-12-11(4)10-16(20,6-2)15(12)17(7-3)13(18)9-14(19)21-17/h11-13,15,18,20H,5-10H2,1-4H3/t11-,12+,13+,15+,16-,17+/m1/s1. The fraction of sp³-hybridized carbons (Fsp3) is 0.941. The highest BCUT2D eigenvalue weighted by atomic mass is 16.6. The summed E-state index contributed by atoms with van der Waals surface area (Å²) in [6.45, 7) is 8.25. The molecule has 122 valence electrons. The smallest absolute Gasteiger partial charge is 0.309 e. The van der Waals surface area contributed by atoms with Crippen LogP contribution in [0.2, 0.25) is 0 Å². The summed E-state index contributed by atoms with van der Waals surface area (Å²) in [5.41, 5.74) is -1.76. The van der Waals surface area contributed by atoms with E-state index in [4.69, 9.17) is 4.74 Å². The first-order valence-corrected chi connectivity index (χ1v) is 8.46. The highest BCUT2D eigenvalue weighted by Crippen LogP contribution is 2.56. The van der Waals surface area contributed by atoms with E-state index in [0.717, 1.165) is 19.3 Å². The van der Waals surface area contributed by atoms with Crippen molar-refractivity contribution in [1.29, 1.82) is 0 Å². The Hall–Kier alpha value is -0.610. The van der Waals surface area contributed by atoms with Crippen LogP contribution < -0.4 is 0 Å². The number of aliphatic hydroxyl groups is 2. The van der Waals surface area contributed by atoms with Gasteiger partial charge in [0.1, 0.15) is 11.7 Å². The number of hydrogen-bond acceptors (Lipinski definition) is 4. The molecule has 2 N–H and O–H groups in total. The van der Waals surface area contributed by atoms with Gasteiger partial charge in [-0.25, -0.2) is 0 Å². The summed E-state index contributed by atoms with van der Waals surface area (Å²) in [5.74, 6) is 0.171. The quantitative estimate of drug-likeness (QED) is 0.766. The van der Waals surface area contributed by atoms with Gasteiger partial charge in [0, 0.05) is 5.92 Å². The molecule has 0 unspecified atom stereocenters. The molecule has 0 radical (unpaired) electrons. The SMILES string of the molecule is CCC[C@H]1[C@H](C)C[C@](O)(CC)[C@H]1[C@@]1(CC)OC(=O)C[C@@H]1O. The fourth-order valence-corrected chi connectivity index (χ4v) is 4.98. The van der Waals surface area contributed by atoms with Gasteiger partial charge in [0.05, 0.1) is 12.0 Å². The predicted octanol–water partition coefficient (Wildman–Crippen LogP) is 2.66. The third kappa shape index (κ3) is 2.50. The van der Waals surface area contributed by atoms with Crippen molar-refractivity contribution in [3.63, 3.8) is 0 Å². The zero-order chi connectivity index (χ0) is 15.8. The van der Waals surface area contributed by atoms with E-state index in [0.29, 0.717) is 24.7 Å². The van der Waals surface area contributed by atoms with Crippen molar-refractivity contribution < 1.29 is 19.7 Å². The van der Waals surface area contributed by atoms with Gasteiger partial charge in [-0.1, -0.05) is 34.1 Å². The van der Waals surface area contributed by atoms with Gasteiger partial charge in [-0.05, 0) is 37.5 Å². The molecule has 1 heterocycles. The minimum absolute atomic E-state index is 0.0529. The van der Waals surface area contributed by atoms with Crippen molar-refractivity contribution in [2.24, 2.45) is 17.8 Å². The first-order chi connectivity index (χ1) is 9.84. The van der Waals surface area contributed by atoms with Crippen LogP contribution in [0.1, 0.15) is 66.2 Å². The normalized spacial score (nSPS) is 46.9. The Bertz CT molecular complexity index is 396. The lowest BCUT2D eigenvalue weighted by molar-refractivity contribution is -0.182. The molecule has 0 aromatic heterocycles. The molecule has 4 nitrogen and oxygen atoms in total. The zero-order valence-corrected chi connectivity index (χ0v) is 13.8. The average molecular weight is 298 g/mol. The van der Waals surface area contributed by atoms with Crippen LogP contribution in [-0.2, 0) is 9.53 Å². The van der Waals surface area contributed by atoms with Crippen LogP contribution in [0.15, 0.2) is 0 Å². The second kappa shape index (κ2) is 5.88. The van der Waals surface area contributed by atoms with Gasteiger partial charge in [-0.3, -0.25) is 4.79 Å². The molecule has 4 heteroatoms. The monoisotopic (exact) mass is 298 g/mol. The molecule has 0 aromatic carbocycles. The third-order valence-electron chi connectivity index (χ3n) is 5.95. The highest BCUT2D eigenvalue weighted by molar-refractivity contribution is 5.73. The molecule has 6 atom stereocenters. The highest BCUT2D eigenvalue weighted by Gasteiger charge is 2.64. The van der Waals surface area contributed by atoms with E-state index in [-0.39, 0.29) is 18.3 Å². The van der Waals surface area contributed by atoms with Crippen LogP contribution in [0.5, 0.6) is 0 Å². The minimum Gasteiger partial charge on any atom is -0.456 e. The lowest BCUT2D eigenvalue weighted by Crippen LogP contribution is -2.56. The fourth-order valence-electron chi connectivity index (χ4n) is 4.98. The summed E-state index contributed by atoms with van der Waals surface area (Å²) >= 11 is 0. The van der Waals surface area contributed by atoms with E-state index >= 15 is 0 Å². The molecule has 1 aliphatic carbocycles. The number of ether oxygens (including phenoxy) is 1. The van der Waals surface area contributed by atoms with Crippen LogP contribution >= 0.6 is 0 Å². The molecular weight excluding hydrogens is 268 g/mol. The maximum atomic E-state index is 11.8. The number of carbonyl (C=O) groups excluding carboxylic acids is 1. The maximum Gasteiger partial charge on any atom is 0.309 e.